The van der Waals surface area contributed by atoms with Crippen LogP contribution in [0, 0.1) is 15.9 Å². The fourth-order valence-corrected chi connectivity index (χ4v) is 3.29. The molecular formula is C26H20FN3O5. The van der Waals surface area contributed by atoms with E-state index in [9.17, 15) is 19.3 Å². The van der Waals surface area contributed by atoms with E-state index in [2.05, 4.69) is 10.5 Å². The zero-order chi connectivity index (χ0) is 24.6. The van der Waals surface area contributed by atoms with Gasteiger partial charge in [-0.3, -0.25) is 14.9 Å². The lowest BCUT2D eigenvalue weighted by molar-refractivity contribution is -0.384. The van der Waals surface area contributed by atoms with Crippen LogP contribution < -0.4 is 14.9 Å². The molecule has 1 N–H and O–H groups in total. The molecule has 4 aromatic carbocycles. The fourth-order valence-electron chi connectivity index (χ4n) is 3.29. The Morgan fingerprint density at radius 3 is 2.46 bits per heavy atom. The smallest absolute Gasteiger partial charge is 0.277 e. The first-order chi connectivity index (χ1) is 17.0. The fraction of sp³-hybridized carbons (Fsp3) is 0.0769. The second-order valence-electron chi connectivity index (χ2n) is 7.45. The van der Waals surface area contributed by atoms with E-state index in [0.717, 1.165) is 16.3 Å². The summed E-state index contributed by atoms with van der Waals surface area (Å²) in [6, 6.07) is 22.9. The molecule has 1 amide bonds. The van der Waals surface area contributed by atoms with Crippen LogP contribution in [-0.4, -0.2) is 23.7 Å². The molecule has 8 nitrogen and oxygen atoms in total. The molecule has 0 aliphatic carbocycles. The lowest BCUT2D eigenvalue weighted by atomic mass is 10.0. The molecule has 0 unspecified atom stereocenters. The minimum atomic E-state index is -0.518. The third-order valence-corrected chi connectivity index (χ3v) is 5.04. The number of nitrogens with one attached hydrogen (secondary N) is 1. The second kappa shape index (κ2) is 10.9. The highest BCUT2D eigenvalue weighted by molar-refractivity contribution is 6.02. The molecule has 0 radical (unpaired) electrons. The Hall–Kier alpha value is -4.79. The Kier molecular flexibility index (Phi) is 7.27. The monoisotopic (exact) mass is 473 g/mol. The maximum absolute atomic E-state index is 13.2. The summed E-state index contributed by atoms with van der Waals surface area (Å²) in [4.78, 5) is 22.3. The molecule has 0 heterocycles. The summed E-state index contributed by atoms with van der Waals surface area (Å²) in [6.45, 7) is -0.0898. The molecule has 176 valence electrons. The lowest BCUT2D eigenvalue weighted by Crippen LogP contribution is -2.24. The van der Waals surface area contributed by atoms with Crippen molar-refractivity contribution in [2.45, 2.75) is 6.61 Å². The second-order valence-corrected chi connectivity index (χ2v) is 7.45. The third-order valence-electron chi connectivity index (χ3n) is 5.04. The summed E-state index contributed by atoms with van der Waals surface area (Å²) in [5, 5.41) is 16.6. The van der Waals surface area contributed by atoms with E-state index in [-0.39, 0.29) is 24.7 Å². The van der Waals surface area contributed by atoms with Gasteiger partial charge in [-0.1, -0.05) is 42.5 Å². The minimum Gasteiger partial charge on any atom is -0.488 e. The molecule has 0 fully saturated rings. The van der Waals surface area contributed by atoms with Crippen molar-refractivity contribution in [2.75, 3.05) is 6.61 Å². The van der Waals surface area contributed by atoms with Crippen molar-refractivity contribution in [1.82, 2.24) is 5.43 Å². The Balaban J connectivity index is 1.43. The quantitative estimate of drug-likeness (QED) is 0.209. The van der Waals surface area contributed by atoms with Crippen molar-refractivity contribution in [1.29, 1.82) is 0 Å². The molecular weight excluding hydrogens is 453 g/mol. The van der Waals surface area contributed by atoms with Crippen LogP contribution in [0.3, 0.4) is 0 Å². The Morgan fingerprint density at radius 2 is 1.71 bits per heavy atom. The van der Waals surface area contributed by atoms with E-state index >= 15 is 0 Å². The number of nitro benzene ring substituents is 1. The number of rotatable bonds is 9. The number of ether oxygens (including phenoxy) is 2. The van der Waals surface area contributed by atoms with Gasteiger partial charge in [-0.05, 0) is 46.7 Å². The summed E-state index contributed by atoms with van der Waals surface area (Å²) < 4.78 is 24.5. The van der Waals surface area contributed by atoms with Crippen molar-refractivity contribution in [3.63, 3.8) is 0 Å². The number of benzene rings is 4. The summed E-state index contributed by atoms with van der Waals surface area (Å²) in [5.74, 6) is 0.0441. The maximum atomic E-state index is 13.2. The van der Waals surface area contributed by atoms with Gasteiger partial charge in [-0.25, -0.2) is 9.82 Å². The molecule has 0 aromatic heterocycles. The summed E-state index contributed by atoms with van der Waals surface area (Å²) in [5.41, 5.74) is 3.81. The molecule has 0 atom stereocenters. The minimum absolute atomic E-state index is 0.0704. The number of amides is 1. The Labute approximate surface area is 199 Å². The first-order valence-corrected chi connectivity index (χ1v) is 10.6. The number of carbonyl (C=O) groups excluding carboxylic acids is 1. The summed E-state index contributed by atoms with van der Waals surface area (Å²) in [7, 11) is 0. The van der Waals surface area contributed by atoms with Gasteiger partial charge in [0.2, 0.25) is 0 Å². The van der Waals surface area contributed by atoms with Crippen molar-refractivity contribution in [2.24, 2.45) is 5.10 Å². The number of non-ortho nitro benzene ring substituents is 1. The highest BCUT2D eigenvalue weighted by Crippen LogP contribution is 2.27. The van der Waals surface area contributed by atoms with Gasteiger partial charge < -0.3 is 9.47 Å². The van der Waals surface area contributed by atoms with Gasteiger partial charge in [-0.2, -0.15) is 5.10 Å². The van der Waals surface area contributed by atoms with Crippen LogP contribution in [-0.2, 0) is 11.4 Å². The molecule has 0 aliphatic heterocycles. The molecule has 35 heavy (non-hydrogen) atoms. The molecule has 9 heteroatoms. The summed E-state index contributed by atoms with van der Waals surface area (Å²) in [6.07, 6.45) is 1.49. The van der Waals surface area contributed by atoms with E-state index < -0.39 is 10.8 Å². The van der Waals surface area contributed by atoms with E-state index in [1.165, 1.54) is 42.6 Å². The van der Waals surface area contributed by atoms with E-state index in [1.807, 2.05) is 36.4 Å². The summed E-state index contributed by atoms with van der Waals surface area (Å²) >= 11 is 0. The first kappa shape index (κ1) is 23.4. The van der Waals surface area contributed by atoms with Crippen LogP contribution in [0.5, 0.6) is 11.5 Å². The number of nitrogens with zero attached hydrogens (tertiary/aromatic N) is 2. The van der Waals surface area contributed by atoms with E-state index in [0.29, 0.717) is 17.1 Å². The number of nitro groups is 1. The van der Waals surface area contributed by atoms with Gasteiger partial charge in [0.1, 0.15) is 23.9 Å². The highest BCUT2D eigenvalue weighted by atomic mass is 19.1. The van der Waals surface area contributed by atoms with Crippen LogP contribution in [0.25, 0.3) is 10.8 Å². The number of hydrazone groups is 1. The average molecular weight is 473 g/mol. The van der Waals surface area contributed by atoms with Crippen LogP contribution in [0.1, 0.15) is 11.1 Å². The standard InChI is InChI=1S/C26H20FN3O5/c27-20-8-5-18(6-9-20)16-35-25-14-7-19-3-1-2-4-23(19)24(25)15-28-29-26(31)17-34-22-12-10-21(11-13-22)30(32)33/h1-15H,16-17H2,(H,29,31). The number of hydrogen-bond donors (Lipinski definition) is 1. The molecule has 0 aliphatic rings. The van der Waals surface area contributed by atoms with Crippen LogP contribution in [0.2, 0.25) is 0 Å². The van der Waals surface area contributed by atoms with Gasteiger partial charge in [0.15, 0.2) is 6.61 Å². The zero-order valence-corrected chi connectivity index (χ0v) is 18.4. The normalized spacial score (nSPS) is 10.9. The maximum Gasteiger partial charge on any atom is 0.277 e. The number of carbonyl (C=O) groups is 1. The largest absolute Gasteiger partial charge is 0.488 e. The Morgan fingerprint density at radius 1 is 0.971 bits per heavy atom. The van der Waals surface area contributed by atoms with Gasteiger partial charge in [0, 0.05) is 17.7 Å². The van der Waals surface area contributed by atoms with Crippen LogP contribution >= 0.6 is 0 Å². The number of halogens is 1. The first-order valence-electron chi connectivity index (χ1n) is 10.6. The van der Waals surface area contributed by atoms with E-state index in [4.69, 9.17) is 9.47 Å². The highest BCUT2D eigenvalue weighted by Gasteiger charge is 2.09. The van der Waals surface area contributed by atoms with Crippen molar-refractivity contribution in [3.05, 3.63) is 112 Å². The molecule has 0 spiro atoms. The van der Waals surface area contributed by atoms with Gasteiger partial charge in [-0.15, -0.1) is 0 Å². The third kappa shape index (κ3) is 6.17. The molecule has 4 aromatic rings. The van der Waals surface area contributed by atoms with E-state index in [1.54, 1.807) is 12.1 Å². The molecule has 4 rings (SSSR count). The van der Waals surface area contributed by atoms with Gasteiger partial charge in [0.25, 0.3) is 11.6 Å². The van der Waals surface area contributed by atoms with Crippen molar-refractivity contribution < 1.29 is 23.6 Å². The predicted octanol–water partition coefficient (Wildman–Crippen LogP) is 5.00. The van der Waals surface area contributed by atoms with Crippen molar-refractivity contribution >= 4 is 28.6 Å². The SMILES string of the molecule is O=C(COc1ccc([N+](=O)[O-])cc1)NN=Cc1c(OCc2ccc(F)cc2)ccc2ccccc12. The van der Waals surface area contributed by atoms with Crippen LogP contribution in [0.4, 0.5) is 10.1 Å². The van der Waals surface area contributed by atoms with Crippen molar-refractivity contribution in [3.8, 4) is 11.5 Å². The Bertz CT molecular complexity index is 1370. The average Bonchev–Trinajstić information content (AvgIpc) is 2.88. The zero-order valence-electron chi connectivity index (χ0n) is 18.4. The molecule has 0 saturated carbocycles. The predicted molar refractivity (Wildman–Crippen MR) is 129 cm³/mol. The topological polar surface area (TPSA) is 103 Å². The lowest BCUT2D eigenvalue weighted by Gasteiger charge is -2.12. The molecule has 0 bridgehead atoms. The van der Waals surface area contributed by atoms with Gasteiger partial charge in [0.05, 0.1) is 11.1 Å². The van der Waals surface area contributed by atoms with Gasteiger partial charge >= 0.3 is 0 Å². The number of fused-ring (bicyclic) bond motifs is 1. The van der Waals surface area contributed by atoms with Crippen LogP contribution in [0.15, 0.2) is 90.0 Å². The molecule has 0 saturated heterocycles. The number of hydrogen-bond acceptors (Lipinski definition) is 6.